The quantitative estimate of drug-likeness (QED) is 0.687. The van der Waals surface area contributed by atoms with Gasteiger partial charge in [-0.2, -0.15) is 27.8 Å². The maximum absolute atomic E-state index is 12.9. The Kier molecular flexibility index (Phi) is 4.05. The number of hydrogen-bond acceptors (Lipinski definition) is 4. The van der Waals surface area contributed by atoms with Crippen molar-refractivity contribution in [3.8, 4) is 0 Å². The molecule has 0 bridgehead atoms. The summed E-state index contributed by atoms with van der Waals surface area (Å²) in [6.45, 7) is 2.71. The van der Waals surface area contributed by atoms with E-state index in [4.69, 9.17) is 0 Å². The number of hydrogen-bond donors (Lipinski definition) is 0. The second kappa shape index (κ2) is 6.26. The lowest BCUT2D eigenvalue weighted by molar-refractivity contribution is -0.137. The van der Waals surface area contributed by atoms with Gasteiger partial charge in [0.05, 0.1) is 11.6 Å². The number of nitrogens with zero attached hydrogens (tertiary/aromatic N) is 5. The molecule has 1 aliphatic rings. The van der Waals surface area contributed by atoms with Gasteiger partial charge in [0.2, 0.25) is 0 Å². The van der Waals surface area contributed by atoms with Crippen molar-refractivity contribution in [3.63, 3.8) is 0 Å². The van der Waals surface area contributed by atoms with Crippen LogP contribution in [0.2, 0.25) is 0 Å². The van der Waals surface area contributed by atoms with E-state index in [1.54, 1.807) is 16.6 Å². The predicted molar refractivity (Wildman–Crippen MR) is 90.9 cm³/mol. The number of halogens is 3. The molecular weight excluding hydrogens is 343 g/mol. The molecule has 1 atom stereocenters. The van der Waals surface area contributed by atoms with Crippen molar-refractivity contribution in [1.82, 2.24) is 19.6 Å². The molecule has 0 amide bonds. The van der Waals surface area contributed by atoms with E-state index in [-0.39, 0.29) is 6.04 Å². The van der Waals surface area contributed by atoms with Crippen molar-refractivity contribution in [3.05, 3.63) is 53.5 Å². The van der Waals surface area contributed by atoms with E-state index in [1.165, 1.54) is 6.33 Å². The Labute approximate surface area is 148 Å². The van der Waals surface area contributed by atoms with Gasteiger partial charge in [-0.25, -0.2) is 4.98 Å². The smallest absolute Gasteiger partial charge is 0.349 e. The second-order valence-corrected chi connectivity index (χ2v) is 6.55. The van der Waals surface area contributed by atoms with E-state index in [2.05, 4.69) is 20.0 Å². The molecule has 1 aliphatic heterocycles. The lowest BCUT2D eigenvalue weighted by Gasteiger charge is -2.37. The van der Waals surface area contributed by atoms with Gasteiger partial charge in [-0.1, -0.05) is 12.1 Å². The third-order valence-electron chi connectivity index (χ3n) is 4.78. The molecule has 1 aromatic carbocycles. The number of piperidine rings is 1. The van der Waals surface area contributed by atoms with Crippen molar-refractivity contribution in [1.29, 1.82) is 0 Å². The van der Waals surface area contributed by atoms with E-state index in [0.717, 1.165) is 55.0 Å². The van der Waals surface area contributed by atoms with Gasteiger partial charge >= 0.3 is 6.18 Å². The van der Waals surface area contributed by atoms with Crippen molar-refractivity contribution in [2.24, 2.45) is 0 Å². The highest BCUT2D eigenvalue weighted by Crippen LogP contribution is 2.36. The largest absolute Gasteiger partial charge is 0.416 e. The fourth-order valence-corrected chi connectivity index (χ4v) is 3.56. The molecule has 136 valence electrons. The van der Waals surface area contributed by atoms with E-state index in [1.807, 2.05) is 13.0 Å². The van der Waals surface area contributed by atoms with Gasteiger partial charge in [0.1, 0.15) is 12.1 Å². The van der Waals surface area contributed by atoms with Gasteiger partial charge in [0.25, 0.3) is 5.78 Å². The van der Waals surface area contributed by atoms with Crippen molar-refractivity contribution in [2.45, 2.75) is 38.4 Å². The average molecular weight is 361 g/mol. The molecule has 0 spiro atoms. The third kappa shape index (κ3) is 3.00. The van der Waals surface area contributed by atoms with Gasteiger partial charge in [-0.3, -0.25) is 0 Å². The molecule has 3 heterocycles. The molecule has 5 nitrogen and oxygen atoms in total. The lowest BCUT2D eigenvalue weighted by atomic mass is 9.94. The van der Waals surface area contributed by atoms with Crippen LogP contribution in [0.1, 0.15) is 42.1 Å². The van der Waals surface area contributed by atoms with E-state index >= 15 is 0 Å². The molecular formula is C18H18F3N5. The van der Waals surface area contributed by atoms with Crippen LogP contribution in [0.5, 0.6) is 0 Å². The summed E-state index contributed by atoms with van der Waals surface area (Å²) >= 11 is 0. The molecule has 1 fully saturated rings. The Morgan fingerprint density at radius 3 is 2.62 bits per heavy atom. The monoisotopic (exact) mass is 361 g/mol. The zero-order valence-electron chi connectivity index (χ0n) is 14.2. The Balaban J connectivity index is 1.74. The summed E-state index contributed by atoms with van der Waals surface area (Å²) in [5.41, 5.74) is 1.08. The molecule has 8 heteroatoms. The predicted octanol–water partition coefficient (Wildman–Crippen LogP) is 4.18. The second-order valence-electron chi connectivity index (χ2n) is 6.55. The number of aryl methyl sites for hydroxylation is 1. The van der Waals surface area contributed by atoms with E-state index in [9.17, 15) is 13.2 Å². The van der Waals surface area contributed by atoms with Crippen molar-refractivity contribution < 1.29 is 13.2 Å². The molecule has 26 heavy (non-hydrogen) atoms. The molecule has 1 unspecified atom stereocenters. The number of anilines is 1. The van der Waals surface area contributed by atoms with Crippen LogP contribution in [0.15, 0.2) is 36.7 Å². The van der Waals surface area contributed by atoms with Crippen LogP contribution in [0.25, 0.3) is 5.78 Å². The summed E-state index contributed by atoms with van der Waals surface area (Å²) in [7, 11) is 0. The van der Waals surface area contributed by atoms with Crippen LogP contribution in [0.4, 0.5) is 19.0 Å². The summed E-state index contributed by atoms with van der Waals surface area (Å²) in [4.78, 5) is 10.7. The fourth-order valence-electron chi connectivity index (χ4n) is 3.56. The van der Waals surface area contributed by atoms with Crippen LogP contribution in [-0.4, -0.2) is 26.1 Å². The summed E-state index contributed by atoms with van der Waals surface area (Å²) in [6.07, 6.45) is 0.0760. The number of alkyl halides is 3. The zero-order valence-corrected chi connectivity index (χ0v) is 14.2. The maximum atomic E-state index is 12.9. The first kappa shape index (κ1) is 16.8. The van der Waals surface area contributed by atoms with Gasteiger partial charge in [0.15, 0.2) is 0 Å². The van der Waals surface area contributed by atoms with Gasteiger partial charge in [0, 0.05) is 18.3 Å². The zero-order chi connectivity index (χ0) is 18.3. The van der Waals surface area contributed by atoms with E-state index in [0.29, 0.717) is 5.78 Å². The van der Waals surface area contributed by atoms with Crippen LogP contribution >= 0.6 is 0 Å². The molecule has 0 N–H and O–H groups in total. The average Bonchev–Trinajstić information content (AvgIpc) is 3.09. The maximum Gasteiger partial charge on any atom is 0.416 e. The minimum Gasteiger partial charge on any atom is -0.349 e. The Morgan fingerprint density at radius 1 is 1.12 bits per heavy atom. The SMILES string of the molecule is Cc1cc(N2CCCCC2c2ccc(C(F)(F)F)cc2)n2ncnc2n1. The molecule has 0 aliphatic carbocycles. The van der Waals surface area contributed by atoms with Crippen LogP contribution < -0.4 is 4.90 Å². The van der Waals surface area contributed by atoms with Crippen LogP contribution in [0, 0.1) is 6.92 Å². The molecule has 0 saturated carbocycles. The molecule has 0 radical (unpaired) electrons. The van der Waals surface area contributed by atoms with Crippen LogP contribution in [0.3, 0.4) is 0 Å². The van der Waals surface area contributed by atoms with Crippen molar-refractivity contribution in [2.75, 3.05) is 11.4 Å². The highest BCUT2D eigenvalue weighted by Gasteiger charge is 2.31. The summed E-state index contributed by atoms with van der Waals surface area (Å²) in [5, 5.41) is 4.26. The topological polar surface area (TPSA) is 46.3 Å². The summed E-state index contributed by atoms with van der Waals surface area (Å²) in [6, 6.07) is 7.43. The first-order valence-electron chi connectivity index (χ1n) is 8.55. The number of aromatic nitrogens is 4. The Hall–Kier alpha value is -2.64. The number of fused-ring (bicyclic) bond motifs is 1. The molecule has 1 saturated heterocycles. The summed E-state index contributed by atoms with van der Waals surface area (Å²) in [5.74, 6) is 1.39. The van der Waals surface area contributed by atoms with Gasteiger partial charge in [-0.05, 0) is 43.9 Å². The third-order valence-corrected chi connectivity index (χ3v) is 4.78. The Morgan fingerprint density at radius 2 is 1.88 bits per heavy atom. The first-order valence-corrected chi connectivity index (χ1v) is 8.55. The molecule has 2 aromatic heterocycles. The Bertz CT molecular complexity index is 917. The standard InChI is InChI=1S/C18H18F3N5/c1-12-10-16(26-17(24-12)22-11-23-26)25-9-3-2-4-15(25)13-5-7-14(8-6-13)18(19,20)21/h5-8,10-11,15H,2-4,9H2,1H3. The van der Waals surface area contributed by atoms with Gasteiger partial charge < -0.3 is 4.90 Å². The minimum atomic E-state index is -4.32. The lowest BCUT2D eigenvalue weighted by Crippen LogP contribution is -2.35. The number of benzene rings is 1. The van der Waals surface area contributed by atoms with Gasteiger partial charge in [-0.15, -0.1) is 0 Å². The highest BCUT2D eigenvalue weighted by molar-refractivity contribution is 5.50. The normalized spacial score (nSPS) is 18.5. The minimum absolute atomic E-state index is 0.000216. The van der Waals surface area contributed by atoms with Crippen LogP contribution in [-0.2, 0) is 6.18 Å². The fraction of sp³-hybridized carbons (Fsp3) is 0.389. The molecule has 3 aromatic rings. The highest BCUT2D eigenvalue weighted by atomic mass is 19.4. The van der Waals surface area contributed by atoms with E-state index < -0.39 is 11.7 Å². The summed E-state index contributed by atoms with van der Waals surface area (Å²) < 4.78 is 40.2. The number of rotatable bonds is 2. The molecule has 4 rings (SSSR count). The first-order chi connectivity index (χ1) is 12.4. The van der Waals surface area contributed by atoms with Crippen molar-refractivity contribution >= 4 is 11.6 Å².